The molecule has 1 aromatic heterocycles. The number of fused-ring (bicyclic) bond motifs is 5. The second kappa shape index (κ2) is 10.4. The average Bonchev–Trinajstić information content (AvgIpc) is 3.54. The van der Waals surface area contributed by atoms with Crippen molar-refractivity contribution in [1.29, 1.82) is 0 Å². The van der Waals surface area contributed by atoms with E-state index in [-0.39, 0.29) is 29.7 Å². The molecule has 0 saturated carbocycles. The van der Waals surface area contributed by atoms with Crippen LogP contribution in [0.1, 0.15) is 6.85 Å². The zero-order valence-electron chi connectivity index (χ0n) is 29.2. The predicted octanol–water partition coefficient (Wildman–Crippen LogP) is 12.6. The standard InChI is InChI=1S/C44H28O/c1-3-14-29(15-4-1)32-18-7-8-19-34(32)43-37-22-11-9-20-35(37)42(36-21-10-12-23-38(36)43)31-26-27-40-39(28-31)44-33(24-13-25-41(44)45-40)30-16-5-2-6-17-30/h1-28H/i2D,5D,6D,16D,17D. The molecule has 0 amide bonds. The van der Waals surface area contributed by atoms with Gasteiger partial charge in [0.15, 0.2) is 0 Å². The Balaban J connectivity index is 1.35. The summed E-state index contributed by atoms with van der Waals surface area (Å²) in [7, 11) is 0. The van der Waals surface area contributed by atoms with Crippen molar-refractivity contribution in [2.45, 2.75) is 0 Å². The van der Waals surface area contributed by atoms with Crippen LogP contribution in [-0.4, -0.2) is 0 Å². The Hall–Kier alpha value is -5.92. The zero-order chi connectivity index (χ0) is 34.1. The van der Waals surface area contributed by atoms with Crippen molar-refractivity contribution in [3.8, 4) is 44.5 Å². The first-order valence-corrected chi connectivity index (χ1v) is 15.0. The molecule has 0 spiro atoms. The second-order valence-electron chi connectivity index (χ2n) is 11.2. The van der Waals surface area contributed by atoms with E-state index in [0.717, 1.165) is 49.2 Å². The Morgan fingerprint density at radius 1 is 0.378 bits per heavy atom. The fourth-order valence-electron chi connectivity index (χ4n) is 6.88. The molecule has 0 bridgehead atoms. The molecular formula is C44H28O. The molecule has 210 valence electrons. The maximum absolute atomic E-state index is 8.72. The third kappa shape index (κ3) is 4.09. The van der Waals surface area contributed by atoms with Crippen LogP contribution in [0.25, 0.3) is 88.0 Å². The number of benzene rings is 8. The van der Waals surface area contributed by atoms with E-state index in [1.165, 1.54) is 11.1 Å². The zero-order valence-corrected chi connectivity index (χ0v) is 24.2. The van der Waals surface area contributed by atoms with Gasteiger partial charge in [-0.15, -0.1) is 0 Å². The molecule has 0 atom stereocenters. The van der Waals surface area contributed by atoms with Gasteiger partial charge in [0.05, 0.1) is 6.85 Å². The van der Waals surface area contributed by atoms with Crippen LogP contribution in [0.2, 0.25) is 0 Å². The Morgan fingerprint density at radius 3 is 1.69 bits per heavy atom. The molecule has 0 aliphatic carbocycles. The van der Waals surface area contributed by atoms with Gasteiger partial charge in [0, 0.05) is 10.8 Å². The minimum Gasteiger partial charge on any atom is -0.456 e. The van der Waals surface area contributed by atoms with Crippen molar-refractivity contribution in [3.05, 3.63) is 170 Å². The van der Waals surface area contributed by atoms with Crippen molar-refractivity contribution in [2.75, 3.05) is 0 Å². The lowest BCUT2D eigenvalue weighted by Gasteiger charge is -2.19. The third-order valence-corrected chi connectivity index (χ3v) is 8.77. The van der Waals surface area contributed by atoms with E-state index in [9.17, 15) is 0 Å². The largest absolute Gasteiger partial charge is 0.456 e. The van der Waals surface area contributed by atoms with E-state index in [2.05, 4.69) is 109 Å². The molecule has 9 rings (SSSR count). The normalized spacial score (nSPS) is 13.1. The highest BCUT2D eigenvalue weighted by atomic mass is 16.3. The molecule has 0 fully saturated rings. The molecule has 0 saturated heterocycles. The lowest BCUT2D eigenvalue weighted by atomic mass is 9.83. The van der Waals surface area contributed by atoms with Crippen LogP contribution in [-0.2, 0) is 0 Å². The summed E-state index contributed by atoms with van der Waals surface area (Å²) < 4.78 is 48.6. The van der Waals surface area contributed by atoms with E-state index in [0.29, 0.717) is 22.1 Å². The van der Waals surface area contributed by atoms with Crippen LogP contribution in [0, 0.1) is 0 Å². The first-order valence-electron chi connectivity index (χ1n) is 17.5. The van der Waals surface area contributed by atoms with Crippen LogP contribution in [0.5, 0.6) is 0 Å². The second-order valence-corrected chi connectivity index (χ2v) is 11.2. The Labute approximate surface area is 268 Å². The van der Waals surface area contributed by atoms with Gasteiger partial charge in [0.2, 0.25) is 0 Å². The quantitative estimate of drug-likeness (QED) is 0.190. The number of hydrogen-bond donors (Lipinski definition) is 0. The maximum Gasteiger partial charge on any atom is 0.136 e. The van der Waals surface area contributed by atoms with Gasteiger partial charge in [-0.3, -0.25) is 0 Å². The highest BCUT2D eigenvalue weighted by Gasteiger charge is 2.20. The van der Waals surface area contributed by atoms with Crippen molar-refractivity contribution in [2.24, 2.45) is 0 Å². The smallest absolute Gasteiger partial charge is 0.136 e. The Kier molecular flexibility index (Phi) is 4.81. The van der Waals surface area contributed by atoms with Gasteiger partial charge in [-0.2, -0.15) is 0 Å². The van der Waals surface area contributed by atoms with Crippen molar-refractivity contribution < 1.29 is 11.3 Å². The number of furan rings is 1. The van der Waals surface area contributed by atoms with Gasteiger partial charge >= 0.3 is 0 Å². The summed E-state index contributed by atoms with van der Waals surface area (Å²) in [5, 5.41) is 6.03. The van der Waals surface area contributed by atoms with Gasteiger partial charge in [-0.05, 0) is 84.3 Å². The van der Waals surface area contributed by atoms with Crippen LogP contribution < -0.4 is 0 Å². The maximum atomic E-state index is 8.72. The molecule has 0 aliphatic rings. The highest BCUT2D eigenvalue weighted by Crippen LogP contribution is 2.47. The van der Waals surface area contributed by atoms with Crippen LogP contribution in [0.15, 0.2) is 174 Å². The minimum absolute atomic E-state index is 0.159. The number of hydrogen-bond acceptors (Lipinski definition) is 1. The summed E-state index contributed by atoms with van der Waals surface area (Å²) >= 11 is 0. The summed E-state index contributed by atoms with van der Waals surface area (Å²) in [5.74, 6) is 0. The molecular weight excluding hydrogens is 544 g/mol. The summed E-state index contributed by atoms with van der Waals surface area (Å²) in [6.45, 7) is 0. The topological polar surface area (TPSA) is 13.1 Å². The molecule has 0 unspecified atom stereocenters. The van der Waals surface area contributed by atoms with E-state index in [1.54, 1.807) is 6.07 Å². The molecule has 45 heavy (non-hydrogen) atoms. The minimum atomic E-state index is -0.413. The lowest BCUT2D eigenvalue weighted by molar-refractivity contribution is 0.669. The van der Waals surface area contributed by atoms with E-state index in [1.807, 2.05) is 24.3 Å². The molecule has 1 nitrogen and oxygen atoms in total. The molecule has 8 aromatic carbocycles. The summed E-state index contributed by atoms with van der Waals surface area (Å²) in [4.78, 5) is 0. The third-order valence-electron chi connectivity index (χ3n) is 8.77. The molecule has 1 heterocycles. The first-order chi connectivity index (χ1) is 24.4. The molecule has 0 radical (unpaired) electrons. The summed E-state index contributed by atoms with van der Waals surface area (Å²) in [5.41, 5.74) is 8.70. The van der Waals surface area contributed by atoms with Gasteiger partial charge in [-0.1, -0.05) is 152 Å². The van der Waals surface area contributed by atoms with Crippen molar-refractivity contribution >= 4 is 43.5 Å². The van der Waals surface area contributed by atoms with Gasteiger partial charge < -0.3 is 4.42 Å². The van der Waals surface area contributed by atoms with Gasteiger partial charge in [0.1, 0.15) is 11.2 Å². The summed E-state index contributed by atoms with van der Waals surface area (Å²) in [6.07, 6.45) is 0. The van der Waals surface area contributed by atoms with Crippen LogP contribution in [0.4, 0.5) is 0 Å². The molecule has 0 N–H and O–H groups in total. The SMILES string of the molecule is [2H]c1c([2H])c([2H])c(-c2cccc3oc4ccc(-c5c6ccccc6c(-c6ccccc6-c6ccccc6)c6ccccc56)cc4c23)c([2H])c1[2H]. The molecule has 1 heteroatoms. The monoisotopic (exact) mass is 577 g/mol. The van der Waals surface area contributed by atoms with Gasteiger partial charge in [-0.25, -0.2) is 0 Å². The fraction of sp³-hybridized carbons (Fsp3) is 0. The van der Waals surface area contributed by atoms with Gasteiger partial charge in [0.25, 0.3) is 0 Å². The lowest BCUT2D eigenvalue weighted by Crippen LogP contribution is -1.92. The van der Waals surface area contributed by atoms with E-state index < -0.39 is 6.04 Å². The average molecular weight is 578 g/mol. The predicted molar refractivity (Wildman–Crippen MR) is 190 cm³/mol. The van der Waals surface area contributed by atoms with Crippen molar-refractivity contribution in [3.63, 3.8) is 0 Å². The van der Waals surface area contributed by atoms with E-state index in [4.69, 9.17) is 11.3 Å². The first kappa shape index (κ1) is 20.9. The van der Waals surface area contributed by atoms with E-state index >= 15 is 0 Å². The molecule has 9 aromatic rings. The Bertz CT molecular complexity index is 2730. The highest BCUT2D eigenvalue weighted by molar-refractivity contribution is 6.23. The fourth-order valence-corrected chi connectivity index (χ4v) is 6.88. The number of rotatable bonds is 4. The molecule has 0 aliphatic heterocycles. The van der Waals surface area contributed by atoms with Crippen LogP contribution >= 0.6 is 0 Å². The Morgan fingerprint density at radius 2 is 0.978 bits per heavy atom. The summed E-state index contributed by atoms with van der Waals surface area (Å²) in [6, 6.07) is 46.2. The van der Waals surface area contributed by atoms with Crippen molar-refractivity contribution in [1.82, 2.24) is 0 Å². The van der Waals surface area contributed by atoms with Crippen LogP contribution in [0.3, 0.4) is 0 Å².